The maximum absolute atomic E-state index is 14.3. The van der Waals surface area contributed by atoms with E-state index in [1.165, 1.54) is 4.90 Å². The molecular formula is C33H41N3O6S. The zero-order valence-corrected chi connectivity index (χ0v) is 25.9. The lowest BCUT2D eigenvalue weighted by Crippen LogP contribution is -2.54. The van der Waals surface area contributed by atoms with Crippen molar-refractivity contribution >= 4 is 27.5 Å². The summed E-state index contributed by atoms with van der Waals surface area (Å²) in [6.07, 6.45) is 5.23. The fourth-order valence-electron chi connectivity index (χ4n) is 5.38. The highest BCUT2D eigenvalue weighted by Gasteiger charge is 2.34. The van der Waals surface area contributed by atoms with Gasteiger partial charge in [-0.1, -0.05) is 55.3 Å². The third-order valence-electron chi connectivity index (χ3n) is 7.57. The topological polar surface area (TPSA) is 105 Å². The van der Waals surface area contributed by atoms with Crippen LogP contribution < -0.4 is 19.1 Å². The monoisotopic (exact) mass is 607 g/mol. The molecule has 0 saturated heterocycles. The van der Waals surface area contributed by atoms with Gasteiger partial charge in [0, 0.05) is 19.0 Å². The minimum absolute atomic E-state index is 0.0518. The number of anilines is 1. The van der Waals surface area contributed by atoms with E-state index in [0.29, 0.717) is 23.8 Å². The highest BCUT2D eigenvalue weighted by molar-refractivity contribution is 7.92. The summed E-state index contributed by atoms with van der Waals surface area (Å²) >= 11 is 0. The van der Waals surface area contributed by atoms with Crippen LogP contribution in [0.5, 0.6) is 11.5 Å². The quantitative estimate of drug-likeness (QED) is 0.288. The Morgan fingerprint density at radius 1 is 0.930 bits per heavy atom. The van der Waals surface area contributed by atoms with Crippen LogP contribution in [-0.2, 0) is 32.6 Å². The Kier molecular flexibility index (Phi) is 11.1. The molecule has 4 rings (SSSR count). The average Bonchev–Trinajstić information content (AvgIpc) is 3.51. The SMILES string of the molecule is CCOc1ccc(N(CC(=O)N(Cc2cccc(OC)c2)[C@H](Cc2ccccc2)C(=O)NC2CCCC2)S(C)(=O)=O)cc1. The summed E-state index contributed by atoms with van der Waals surface area (Å²) in [5.74, 6) is 0.466. The molecule has 1 aliphatic rings. The molecule has 1 saturated carbocycles. The first-order valence-electron chi connectivity index (χ1n) is 14.6. The van der Waals surface area contributed by atoms with Crippen LogP contribution in [0.25, 0.3) is 0 Å². The van der Waals surface area contributed by atoms with Crippen molar-refractivity contribution in [2.75, 3.05) is 30.8 Å². The summed E-state index contributed by atoms with van der Waals surface area (Å²) in [5, 5.41) is 3.17. The second-order valence-electron chi connectivity index (χ2n) is 10.8. The molecule has 9 nitrogen and oxygen atoms in total. The van der Waals surface area contributed by atoms with Crippen molar-refractivity contribution < 1.29 is 27.5 Å². The summed E-state index contributed by atoms with van der Waals surface area (Å²) in [6, 6.07) is 22.6. The van der Waals surface area contributed by atoms with Crippen molar-refractivity contribution in [2.45, 2.75) is 57.7 Å². The van der Waals surface area contributed by atoms with Gasteiger partial charge in [-0.15, -0.1) is 0 Å². The number of methoxy groups -OCH3 is 1. The number of rotatable bonds is 14. The summed E-state index contributed by atoms with van der Waals surface area (Å²) in [4.78, 5) is 29.7. The Balaban J connectivity index is 1.71. The third kappa shape index (κ3) is 8.97. The highest BCUT2D eigenvalue weighted by Crippen LogP contribution is 2.24. The number of sulfonamides is 1. The predicted molar refractivity (Wildman–Crippen MR) is 168 cm³/mol. The second kappa shape index (κ2) is 14.9. The number of carbonyl (C=O) groups is 2. The zero-order valence-electron chi connectivity index (χ0n) is 25.1. The van der Waals surface area contributed by atoms with Gasteiger partial charge in [0.15, 0.2) is 0 Å². The van der Waals surface area contributed by atoms with E-state index in [1.54, 1.807) is 37.4 Å². The smallest absolute Gasteiger partial charge is 0.244 e. The van der Waals surface area contributed by atoms with Gasteiger partial charge in [-0.2, -0.15) is 0 Å². The molecule has 1 aliphatic carbocycles. The molecule has 10 heteroatoms. The van der Waals surface area contributed by atoms with Crippen LogP contribution in [-0.4, -0.2) is 63.7 Å². The van der Waals surface area contributed by atoms with Crippen molar-refractivity contribution in [1.29, 1.82) is 0 Å². The van der Waals surface area contributed by atoms with Crippen LogP contribution in [0.4, 0.5) is 5.69 Å². The van der Waals surface area contributed by atoms with Crippen LogP contribution in [0.3, 0.4) is 0 Å². The number of hydrogen-bond acceptors (Lipinski definition) is 6. The first-order chi connectivity index (χ1) is 20.7. The summed E-state index contributed by atoms with van der Waals surface area (Å²) in [7, 11) is -2.29. The highest BCUT2D eigenvalue weighted by atomic mass is 32.2. The number of carbonyl (C=O) groups excluding carboxylic acids is 2. The summed E-state index contributed by atoms with van der Waals surface area (Å²) < 4.78 is 38.0. The van der Waals surface area contributed by atoms with E-state index in [0.717, 1.165) is 47.4 Å². The second-order valence-corrected chi connectivity index (χ2v) is 12.7. The molecule has 0 spiro atoms. The van der Waals surface area contributed by atoms with E-state index in [-0.39, 0.29) is 24.9 Å². The molecule has 0 bridgehead atoms. The molecule has 3 aromatic rings. The molecule has 2 amide bonds. The lowest BCUT2D eigenvalue weighted by molar-refractivity contribution is -0.140. The van der Waals surface area contributed by atoms with E-state index in [2.05, 4.69) is 5.32 Å². The molecule has 0 aromatic heterocycles. The maximum Gasteiger partial charge on any atom is 0.244 e. The van der Waals surface area contributed by atoms with Gasteiger partial charge in [0.05, 0.1) is 25.7 Å². The van der Waals surface area contributed by atoms with Gasteiger partial charge in [0.25, 0.3) is 0 Å². The Bertz CT molecular complexity index is 1460. The van der Waals surface area contributed by atoms with Crippen molar-refractivity contribution in [2.24, 2.45) is 0 Å². The first kappa shape index (κ1) is 31.9. The lowest BCUT2D eigenvalue weighted by atomic mass is 10.0. The van der Waals surface area contributed by atoms with E-state index >= 15 is 0 Å². The summed E-state index contributed by atoms with van der Waals surface area (Å²) in [6.45, 7) is 1.95. The Morgan fingerprint density at radius 2 is 1.60 bits per heavy atom. The molecule has 0 radical (unpaired) electrons. The Hall–Kier alpha value is -4.05. The third-order valence-corrected chi connectivity index (χ3v) is 8.72. The largest absolute Gasteiger partial charge is 0.497 e. The Labute approximate surface area is 254 Å². The zero-order chi connectivity index (χ0) is 30.8. The minimum Gasteiger partial charge on any atom is -0.497 e. The molecule has 43 heavy (non-hydrogen) atoms. The van der Waals surface area contributed by atoms with Crippen molar-refractivity contribution in [3.63, 3.8) is 0 Å². The molecular weight excluding hydrogens is 566 g/mol. The number of hydrogen-bond donors (Lipinski definition) is 1. The van der Waals surface area contributed by atoms with Crippen LogP contribution in [0.1, 0.15) is 43.7 Å². The van der Waals surface area contributed by atoms with E-state index in [1.807, 2.05) is 55.5 Å². The predicted octanol–water partition coefficient (Wildman–Crippen LogP) is 4.56. The maximum atomic E-state index is 14.3. The van der Waals surface area contributed by atoms with Crippen molar-refractivity contribution in [1.82, 2.24) is 10.2 Å². The standard InChI is InChI=1S/C33H41N3O6S/c1-4-42-29-19-17-28(18-20-29)36(43(3,39)40)24-32(37)35(23-26-13-10-16-30(21-26)41-2)31(22-25-11-6-5-7-12-25)33(38)34-27-14-8-9-15-27/h5-7,10-13,16-21,27,31H,4,8-9,14-15,22-24H2,1-3H3,(H,34,38)/t31-/m1/s1. The van der Waals surface area contributed by atoms with Gasteiger partial charge < -0.3 is 19.7 Å². The van der Waals surface area contributed by atoms with Gasteiger partial charge in [-0.05, 0) is 67.3 Å². The van der Waals surface area contributed by atoms with E-state index in [9.17, 15) is 18.0 Å². The molecule has 230 valence electrons. The number of nitrogens with one attached hydrogen (secondary N) is 1. The number of benzene rings is 3. The van der Waals surface area contributed by atoms with E-state index < -0.39 is 28.5 Å². The number of amides is 2. The Morgan fingerprint density at radius 3 is 2.23 bits per heavy atom. The summed E-state index contributed by atoms with van der Waals surface area (Å²) in [5.41, 5.74) is 1.98. The van der Waals surface area contributed by atoms with Crippen LogP contribution in [0.15, 0.2) is 78.9 Å². The van der Waals surface area contributed by atoms with Gasteiger partial charge in [0.2, 0.25) is 21.8 Å². The number of nitrogens with zero attached hydrogens (tertiary/aromatic N) is 2. The normalized spacial score (nSPS) is 14.1. The molecule has 1 N–H and O–H groups in total. The van der Waals surface area contributed by atoms with Gasteiger partial charge in [-0.3, -0.25) is 13.9 Å². The van der Waals surface area contributed by atoms with Gasteiger partial charge in [-0.25, -0.2) is 8.42 Å². The fraction of sp³-hybridized carbons (Fsp3) is 0.394. The number of ether oxygens (including phenoxy) is 2. The van der Waals surface area contributed by atoms with Crippen molar-refractivity contribution in [3.05, 3.63) is 90.0 Å². The van der Waals surface area contributed by atoms with E-state index in [4.69, 9.17) is 9.47 Å². The van der Waals surface area contributed by atoms with Crippen LogP contribution in [0, 0.1) is 0 Å². The van der Waals surface area contributed by atoms with Gasteiger partial charge >= 0.3 is 0 Å². The first-order valence-corrected chi connectivity index (χ1v) is 16.5. The fourth-order valence-corrected chi connectivity index (χ4v) is 6.23. The van der Waals surface area contributed by atoms with Crippen LogP contribution in [0.2, 0.25) is 0 Å². The lowest BCUT2D eigenvalue weighted by Gasteiger charge is -2.34. The average molecular weight is 608 g/mol. The molecule has 0 heterocycles. The molecule has 0 aliphatic heterocycles. The molecule has 3 aromatic carbocycles. The minimum atomic E-state index is -3.85. The van der Waals surface area contributed by atoms with Gasteiger partial charge in [0.1, 0.15) is 24.1 Å². The van der Waals surface area contributed by atoms with Crippen molar-refractivity contribution in [3.8, 4) is 11.5 Å². The molecule has 1 fully saturated rings. The molecule has 0 unspecified atom stereocenters. The molecule has 1 atom stereocenters. The van der Waals surface area contributed by atoms with Crippen LogP contribution >= 0.6 is 0 Å².